The molecule has 2 aromatic carbocycles. The summed E-state index contributed by atoms with van der Waals surface area (Å²) in [5.74, 6) is -0.160. The van der Waals surface area contributed by atoms with Gasteiger partial charge in [-0.05, 0) is 48.7 Å². The van der Waals surface area contributed by atoms with Gasteiger partial charge in [-0.2, -0.15) is 4.31 Å². The summed E-state index contributed by atoms with van der Waals surface area (Å²) in [5, 5.41) is 2.88. The van der Waals surface area contributed by atoms with Crippen molar-refractivity contribution >= 4 is 21.6 Å². The van der Waals surface area contributed by atoms with Crippen LogP contribution in [-0.4, -0.2) is 45.8 Å². The Bertz CT molecular complexity index is 902. The number of nitrogens with one attached hydrogen (secondary N) is 1. The van der Waals surface area contributed by atoms with E-state index in [1.165, 1.54) is 4.31 Å². The Morgan fingerprint density at radius 3 is 2.37 bits per heavy atom. The van der Waals surface area contributed by atoms with Crippen LogP contribution in [0.3, 0.4) is 0 Å². The summed E-state index contributed by atoms with van der Waals surface area (Å²) in [6, 6.07) is 14.1. The summed E-state index contributed by atoms with van der Waals surface area (Å²) in [6.45, 7) is 1.52. The van der Waals surface area contributed by atoms with Gasteiger partial charge >= 0.3 is 0 Å². The summed E-state index contributed by atoms with van der Waals surface area (Å²) in [6.07, 6.45) is 1.83. The predicted octanol–water partition coefficient (Wildman–Crippen LogP) is 2.47. The van der Waals surface area contributed by atoms with Gasteiger partial charge in [-0.3, -0.25) is 4.79 Å². The fourth-order valence-corrected chi connectivity index (χ4v) is 4.58. The van der Waals surface area contributed by atoms with Gasteiger partial charge < -0.3 is 10.2 Å². The van der Waals surface area contributed by atoms with Crippen LogP contribution in [0.4, 0.5) is 5.69 Å². The number of carbonyl (C=O) groups is 1. The Hall–Kier alpha value is -2.38. The van der Waals surface area contributed by atoms with Crippen molar-refractivity contribution in [3.8, 4) is 0 Å². The molecule has 0 saturated carbocycles. The van der Waals surface area contributed by atoms with Crippen LogP contribution in [0.2, 0.25) is 0 Å². The molecule has 0 atom stereocenters. The molecule has 0 spiro atoms. The molecule has 0 radical (unpaired) electrons. The Morgan fingerprint density at radius 1 is 1.07 bits per heavy atom. The van der Waals surface area contributed by atoms with Gasteiger partial charge in [0.25, 0.3) is 5.91 Å². The second-order valence-corrected chi connectivity index (χ2v) is 8.82. The molecule has 144 valence electrons. The van der Waals surface area contributed by atoms with Crippen molar-refractivity contribution in [1.82, 2.24) is 9.62 Å². The van der Waals surface area contributed by atoms with Gasteiger partial charge in [-0.15, -0.1) is 0 Å². The Kier molecular flexibility index (Phi) is 5.82. The fraction of sp³-hybridized carbons (Fsp3) is 0.350. The monoisotopic (exact) mass is 387 g/mol. The van der Waals surface area contributed by atoms with Crippen molar-refractivity contribution in [1.29, 1.82) is 0 Å². The molecule has 1 amide bonds. The number of hydrogen-bond acceptors (Lipinski definition) is 4. The van der Waals surface area contributed by atoms with E-state index in [0.29, 0.717) is 30.1 Å². The highest BCUT2D eigenvalue weighted by molar-refractivity contribution is 7.89. The highest BCUT2D eigenvalue weighted by Gasteiger charge is 2.26. The molecule has 0 unspecified atom stereocenters. The maximum absolute atomic E-state index is 12.5. The molecule has 0 aliphatic carbocycles. The van der Waals surface area contributed by atoms with Crippen molar-refractivity contribution in [3.05, 3.63) is 59.7 Å². The van der Waals surface area contributed by atoms with Crippen LogP contribution in [0.1, 0.15) is 28.8 Å². The van der Waals surface area contributed by atoms with Crippen LogP contribution in [0.15, 0.2) is 53.4 Å². The standard InChI is InChI=1S/C20H25N3O3S/c1-22(2)18-7-5-6-17(14-18)20(24)21-15-16-8-10-19(11-9-16)27(25,26)23-12-3-4-13-23/h5-11,14H,3-4,12-13,15H2,1-2H3,(H,21,24). The lowest BCUT2D eigenvalue weighted by atomic mass is 10.1. The van der Waals surface area contributed by atoms with E-state index in [1.54, 1.807) is 30.3 Å². The summed E-state index contributed by atoms with van der Waals surface area (Å²) in [5.41, 5.74) is 2.40. The average Bonchev–Trinajstić information content (AvgIpc) is 3.22. The quantitative estimate of drug-likeness (QED) is 0.827. The molecule has 27 heavy (non-hydrogen) atoms. The lowest BCUT2D eigenvalue weighted by Crippen LogP contribution is -2.28. The number of rotatable bonds is 6. The van der Waals surface area contributed by atoms with E-state index in [2.05, 4.69) is 5.32 Å². The number of amides is 1. The summed E-state index contributed by atoms with van der Waals surface area (Å²) in [7, 11) is 0.449. The van der Waals surface area contributed by atoms with E-state index < -0.39 is 10.0 Å². The number of sulfonamides is 1. The van der Waals surface area contributed by atoms with Gasteiger partial charge in [-0.1, -0.05) is 18.2 Å². The van der Waals surface area contributed by atoms with Crippen LogP contribution >= 0.6 is 0 Å². The van der Waals surface area contributed by atoms with Gasteiger partial charge in [0.1, 0.15) is 0 Å². The lowest BCUT2D eigenvalue weighted by Gasteiger charge is -2.16. The van der Waals surface area contributed by atoms with Crippen LogP contribution in [-0.2, 0) is 16.6 Å². The topological polar surface area (TPSA) is 69.7 Å². The van der Waals surface area contributed by atoms with Crippen molar-refractivity contribution < 1.29 is 13.2 Å². The zero-order valence-electron chi connectivity index (χ0n) is 15.7. The molecular formula is C20H25N3O3S. The maximum atomic E-state index is 12.5. The molecule has 1 saturated heterocycles. The van der Waals surface area contributed by atoms with Crippen LogP contribution in [0, 0.1) is 0 Å². The number of hydrogen-bond donors (Lipinski definition) is 1. The smallest absolute Gasteiger partial charge is 0.251 e. The van der Waals surface area contributed by atoms with Gasteiger partial charge in [-0.25, -0.2) is 8.42 Å². The third-order valence-corrected chi connectivity index (χ3v) is 6.62. The summed E-state index contributed by atoms with van der Waals surface area (Å²) < 4.78 is 26.6. The Labute approximate surface area is 160 Å². The zero-order valence-corrected chi connectivity index (χ0v) is 16.5. The van der Waals surface area contributed by atoms with Gasteiger partial charge in [0.15, 0.2) is 0 Å². The minimum absolute atomic E-state index is 0.160. The van der Waals surface area contributed by atoms with Crippen LogP contribution in [0.5, 0.6) is 0 Å². The first-order chi connectivity index (χ1) is 12.9. The van der Waals surface area contributed by atoms with E-state index in [9.17, 15) is 13.2 Å². The molecule has 1 N–H and O–H groups in total. The summed E-state index contributed by atoms with van der Waals surface area (Å²) in [4.78, 5) is 14.6. The molecule has 2 aromatic rings. The molecule has 3 rings (SSSR count). The van der Waals surface area contributed by atoms with Gasteiger partial charge in [0.05, 0.1) is 4.90 Å². The first-order valence-corrected chi connectivity index (χ1v) is 10.5. The molecule has 1 aliphatic heterocycles. The SMILES string of the molecule is CN(C)c1cccc(C(=O)NCc2ccc(S(=O)(=O)N3CCCC3)cc2)c1. The fourth-order valence-electron chi connectivity index (χ4n) is 3.07. The zero-order chi connectivity index (χ0) is 19.4. The van der Waals surface area contributed by atoms with Crippen LogP contribution in [0.25, 0.3) is 0 Å². The minimum atomic E-state index is -3.40. The van der Waals surface area contributed by atoms with E-state index in [1.807, 2.05) is 37.2 Å². The normalized spacial score (nSPS) is 14.9. The Balaban J connectivity index is 1.63. The highest BCUT2D eigenvalue weighted by Crippen LogP contribution is 2.21. The molecule has 1 fully saturated rings. The third kappa shape index (κ3) is 4.48. The van der Waals surface area contributed by atoms with Crippen LogP contribution < -0.4 is 10.2 Å². The molecule has 1 aliphatic rings. The average molecular weight is 388 g/mol. The molecule has 7 heteroatoms. The number of nitrogens with zero attached hydrogens (tertiary/aromatic N) is 2. The first-order valence-electron chi connectivity index (χ1n) is 9.02. The second kappa shape index (κ2) is 8.10. The number of carbonyl (C=O) groups excluding carboxylic acids is 1. The first kappa shape index (κ1) is 19.4. The van der Waals surface area contributed by atoms with Crippen molar-refractivity contribution in [2.45, 2.75) is 24.3 Å². The second-order valence-electron chi connectivity index (χ2n) is 6.88. The Morgan fingerprint density at radius 2 is 1.74 bits per heavy atom. The van der Waals surface area contributed by atoms with Crippen molar-refractivity contribution in [2.24, 2.45) is 0 Å². The van der Waals surface area contributed by atoms with Crippen molar-refractivity contribution in [2.75, 3.05) is 32.1 Å². The maximum Gasteiger partial charge on any atom is 0.251 e. The lowest BCUT2D eigenvalue weighted by molar-refractivity contribution is 0.0951. The number of benzene rings is 2. The predicted molar refractivity (Wildman–Crippen MR) is 106 cm³/mol. The molecule has 6 nitrogen and oxygen atoms in total. The van der Waals surface area contributed by atoms with Gasteiger partial charge in [0, 0.05) is 45.0 Å². The molecule has 0 bridgehead atoms. The van der Waals surface area contributed by atoms with E-state index >= 15 is 0 Å². The van der Waals surface area contributed by atoms with Gasteiger partial charge in [0.2, 0.25) is 10.0 Å². The summed E-state index contributed by atoms with van der Waals surface area (Å²) >= 11 is 0. The molecule has 1 heterocycles. The number of anilines is 1. The third-order valence-electron chi connectivity index (χ3n) is 4.70. The van der Waals surface area contributed by atoms with E-state index in [4.69, 9.17) is 0 Å². The molecule has 0 aromatic heterocycles. The highest BCUT2D eigenvalue weighted by atomic mass is 32.2. The minimum Gasteiger partial charge on any atom is -0.378 e. The molecular weight excluding hydrogens is 362 g/mol. The van der Waals surface area contributed by atoms with Crippen molar-refractivity contribution in [3.63, 3.8) is 0 Å². The van der Waals surface area contributed by atoms with E-state index in [0.717, 1.165) is 24.1 Å². The van der Waals surface area contributed by atoms with E-state index in [-0.39, 0.29) is 5.91 Å². The largest absolute Gasteiger partial charge is 0.378 e.